The quantitative estimate of drug-likeness (QED) is 0.561. The maximum absolute atomic E-state index is 9.03. The van der Waals surface area contributed by atoms with Crippen LogP contribution in [0.1, 0.15) is 75.6 Å². The number of aromatic nitrogens is 1. The largest absolute Gasteiger partial charge is 0.493 e. The Morgan fingerprint density at radius 2 is 1.92 bits per heavy atom. The summed E-state index contributed by atoms with van der Waals surface area (Å²) in [6.45, 7) is 9.57. The fourth-order valence-corrected chi connectivity index (χ4v) is 3.42. The minimum absolute atomic E-state index is 0.174. The fourth-order valence-electron chi connectivity index (χ4n) is 3.42. The number of ether oxygens (including phenoxy) is 1. The summed E-state index contributed by atoms with van der Waals surface area (Å²) in [7, 11) is 0. The SMILES string of the molecule is CCCCOc1ccc(C(CC)(CC)c2nc(CCCO)co2)cc1C. The van der Waals surface area contributed by atoms with Crippen LogP contribution in [0.25, 0.3) is 0 Å². The Labute approximate surface area is 157 Å². The van der Waals surface area contributed by atoms with Crippen LogP contribution < -0.4 is 4.74 Å². The van der Waals surface area contributed by atoms with Crippen LogP contribution in [0, 0.1) is 6.92 Å². The predicted molar refractivity (Wildman–Crippen MR) is 105 cm³/mol. The molecule has 4 nitrogen and oxygen atoms in total. The summed E-state index contributed by atoms with van der Waals surface area (Å²) in [5, 5.41) is 9.03. The summed E-state index contributed by atoms with van der Waals surface area (Å²) in [6, 6.07) is 6.45. The number of aliphatic hydroxyl groups excluding tert-OH is 1. The molecule has 1 N–H and O–H groups in total. The second-order valence-electron chi connectivity index (χ2n) is 6.94. The first-order chi connectivity index (χ1) is 12.6. The van der Waals surface area contributed by atoms with Crippen molar-refractivity contribution in [2.24, 2.45) is 0 Å². The van der Waals surface area contributed by atoms with E-state index >= 15 is 0 Å². The molecule has 2 aromatic rings. The van der Waals surface area contributed by atoms with Crippen LogP contribution in [-0.4, -0.2) is 23.3 Å². The third-order valence-electron chi connectivity index (χ3n) is 5.24. The molecule has 1 aromatic heterocycles. The number of hydrogen-bond donors (Lipinski definition) is 1. The molecule has 0 saturated heterocycles. The molecule has 0 aliphatic carbocycles. The van der Waals surface area contributed by atoms with Crippen molar-refractivity contribution in [1.29, 1.82) is 0 Å². The highest BCUT2D eigenvalue weighted by atomic mass is 16.5. The zero-order valence-corrected chi connectivity index (χ0v) is 16.7. The van der Waals surface area contributed by atoms with Gasteiger partial charge in [-0.25, -0.2) is 4.98 Å². The van der Waals surface area contributed by atoms with Gasteiger partial charge in [0.05, 0.1) is 17.7 Å². The van der Waals surface area contributed by atoms with E-state index in [0.717, 1.165) is 61.6 Å². The van der Waals surface area contributed by atoms with Gasteiger partial charge in [0.1, 0.15) is 12.0 Å². The Bertz CT molecular complexity index is 674. The summed E-state index contributed by atoms with van der Waals surface area (Å²) in [5.41, 5.74) is 3.05. The third kappa shape index (κ3) is 4.47. The van der Waals surface area contributed by atoms with E-state index in [1.807, 2.05) is 0 Å². The van der Waals surface area contributed by atoms with Gasteiger partial charge in [0, 0.05) is 6.61 Å². The van der Waals surface area contributed by atoms with Gasteiger partial charge in [0.2, 0.25) is 5.89 Å². The smallest absolute Gasteiger partial charge is 0.204 e. The number of hydrogen-bond acceptors (Lipinski definition) is 4. The highest BCUT2D eigenvalue weighted by molar-refractivity contribution is 5.42. The van der Waals surface area contributed by atoms with E-state index < -0.39 is 0 Å². The van der Waals surface area contributed by atoms with Crippen LogP contribution in [0.2, 0.25) is 0 Å². The molecule has 4 heteroatoms. The summed E-state index contributed by atoms with van der Waals surface area (Å²) >= 11 is 0. The highest BCUT2D eigenvalue weighted by Gasteiger charge is 2.36. The van der Waals surface area contributed by atoms with Gasteiger partial charge in [-0.05, 0) is 56.2 Å². The maximum Gasteiger partial charge on any atom is 0.204 e. The van der Waals surface area contributed by atoms with Crippen LogP contribution >= 0.6 is 0 Å². The minimum Gasteiger partial charge on any atom is -0.493 e. The van der Waals surface area contributed by atoms with Gasteiger partial charge in [-0.3, -0.25) is 0 Å². The third-order valence-corrected chi connectivity index (χ3v) is 5.24. The standard InChI is InChI=1S/C22H33NO3/c1-5-8-14-25-20-12-11-18(15-17(20)4)22(6-2,7-3)21-23-19(16-26-21)10-9-13-24/h11-12,15-16,24H,5-10,13-14H2,1-4H3. The zero-order valence-electron chi connectivity index (χ0n) is 16.7. The van der Waals surface area contributed by atoms with Crippen LogP contribution in [0.3, 0.4) is 0 Å². The lowest BCUT2D eigenvalue weighted by molar-refractivity contribution is 0.288. The summed E-state index contributed by atoms with van der Waals surface area (Å²) in [6.07, 6.45) is 7.22. The second kappa shape index (κ2) is 9.77. The molecule has 26 heavy (non-hydrogen) atoms. The van der Waals surface area contributed by atoms with Gasteiger partial charge in [0.15, 0.2) is 0 Å². The van der Waals surface area contributed by atoms with Crippen molar-refractivity contribution in [2.75, 3.05) is 13.2 Å². The molecule has 0 unspecified atom stereocenters. The van der Waals surface area contributed by atoms with E-state index in [1.54, 1.807) is 6.26 Å². The Morgan fingerprint density at radius 1 is 1.15 bits per heavy atom. The number of unbranched alkanes of at least 4 members (excludes halogenated alkanes) is 1. The van der Waals surface area contributed by atoms with Crippen LogP contribution in [0.5, 0.6) is 5.75 Å². The average Bonchev–Trinajstić information content (AvgIpc) is 3.13. The molecule has 0 aliphatic rings. The molecule has 0 atom stereocenters. The molecular formula is C22H33NO3. The molecule has 1 aromatic carbocycles. The fraction of sp³-hybridized carbons (Fsp3) is 0.591. The van der Waals surface area contributed by atoms with Crippen molar-refractivity contribution in [3.63, 3.8) is 0 Å². The van der Waals surface area contributed by atoms with E-state index in [0.29, 0.717) is 6.42 Å². The first-order valence-electron chi connectivity index (χ1n) is 9.90. The topological polar surface area (TPSA) is 55.5 Å². The van der Waals surface area contributed by atoms with E-state index in [4.69, 9.17) is 19.2 Å². The summed E-state index contributed by atoms with van der Waals surface area (Å²) in [5.74, 6) is 1.73. The molecule has 0 saturated carbocycles. The summed E-state index contributed by atoms with van der Waals surface area (Å²) in [4.78, 5) is 4.74. The molecule has 0 bridgehead atoms. The highest BCUT2D eigenvalue weighted by Crippen LogP contribution is 2.39. The van der Waals surface area contributed by atoms with E-state index in [-0.39, 0.29) is 12.0 Å². The molecule has 0 amide bonds. The van der Waals surface area contributed by atoms with Crippen LogP contribution in [0.15, 0.2) is 28.9 Å². The molecular weight excluding hydrogens is 326 g/mol. The first-order valence-corrected chi connectivity index (χ1v) is 9.90. The van der Waals surface area contributed by atoms with Gasteiger partial charge in [0.25, 0.3) is 0 Å². The summed E-state index contributed by atoms with van der Waals surface area (Å²) < 4.78 is 11.8. The lowest BCUT2D eigenvalue weighted by atomic mass is 9.75. The Kier molecular flexibility index (Phi) is 7.70. The predicted octanol–water partition coefficient (Wildman–Crippen LogP) is 5.19. The lowest BCUT2D eigenvalue weighted by Crippen LogP contribution is -2.26. The van der Waals surface area contributed by atoms with Crippen LogP contribution in [-0.2, 0) is 11.8 Å². The second-order valence-corrected chi connectivity index (χ2v) is 6.94. The van der Waals surface area contributed by atoms with Crippen molar-refractivity contribution in [1.82, 2.24) is 4.98 Å². The van der Waals surface area contributed by atoms with Gasteiger partial charge >= 0.3 is 0 Å². The van der Waals surface area contributed by atoms with E-state index in [2.05, 4.69) is 45.9 Å². The molecule has 0 aliphatic heterocycles. The van der Waals surface area contributed by atoms with Gasteiger partial charge in [-0.15, -0.1) is 0 Å². The molecule has 2 rings (SSSR count). The first kappa shape index (κ1) is 20.5. The molecule has 1 heterocycles. The molecule has 0 spiro atoms. The normalized spacial score (nSPS) is 11.7. The number of benzene rings is 1. The average molecular weight is 360 g/mol. The maximum atomic E-state index is 9.03. The molecule has 144 valence electrons. The van der Waals surface area contributed by atoms with Gasteiger partial charge < -0.3 is 14.3 Å². The van der Waals surface area contributed by atoms with E-state index in [1.165, 1.54) is 5.56 Å². The molecule has 0 fully saturated rings. The monoisotopic (exact) mass is 359 g/mol. The van der Waals surface area contributed by atoms with Crippen molar-refractivity contribution < 1.29 is 14.3 Å². The van der Waals surface area contributed by atoms with E-state index in [9.17, 15) is 0 Å². The Morgan fingerprint density at radius 3 is 2.54 bits per heavy atom. The van der Waals surface area contributed by atoms with Crippen molar-refractivity contribution in [2.45, 2.75) is 71.6 Å². The van der Waals surface area contributed by atoms with Gasteiger partial charge in [-0.2, -0.15) is 0 Å². The van der Waals surface area contributed by atoms with Gasteiger partial charge in [-0.1, -0.05) is 39.3 Å². The number of oxazole rings is 1. The van der Waals surface area contributed by atoms with Crippen LogP contribution in [0.4, 0.5) is 0 Å². The number of nitrogens with zero attached hydrogens (tertiary/aromatic N) is 1. The zero-order chi connectivity index (χ0) is 19.0. The van der Waals surface area contributed by atoms with Crippen molar-refractivity contribution >= 4 is 0 Å². The van der Waals surface area contributed by atoms with Crippen molar-refractivity contribution in [3.8, 4) is 5.75 Å². The van der Waals surface area contributed by atoms with Crippen molar-refractivity contribution in [3.05, 3.63) is 47.2 Å². The Balaban J connectivity index is 2.30. The number of aliphatic hydroxyl groups is 1. The minimum atomic E-state index is -0.232. The number of aryl methyl sites for hydroxylation is 2. The number of rotatable bonds is 11. The lowest BCUT2D eigenvalue weighted by Gasteiger charge is -2.29. The molecule has 0 radical (unpaired) electrons. The Hall–Kier alpha value is -1.81.